The molecule has 2 N–H and O–H groups in total. The summed E-state index contributed by atoms with van der Waals surface area (Å²) in [4.78, 5) is 11.9. The van der Waals surface area contributed by atoms with E-state index < -0.39 is 0 Å². The van der Waals surface area contributed by atoms with E-state index in [0.29, 0.717) is 12.5 Å². The standard InChI is InChI=1S/C22H43NO2/c1-2-3-4-5-6-7-8-9-13-17-21(24)18-14-19-22(25)23-20-15-11-10-12-16-20/h20-21,24H,2-19H2,1H3,(H,23,25)/t21-/m0/s1. The smallest absolute Gasteiger partial charge is 0.220 e. The predicted octanol–water partition coefficient (Wildman–Crippen LogP) is 5.89. The van der Waals surface area contributed by atoms with Gasteiger partial charge in [0.1, 0.15) is 0 Å². The van der Waals surface area contributed by atoms with Crippen LogP contribution in [-0.4, -0.2) is 23.2 Å². The van der Waals surface area contributed by atoms with Gasteiger partial charge in [-0.2, -0.15) is 0 Å². The Morgan fingerprint density at radius 3 is 2.08 bits per heavy atom. The van der Waals surface area contributed by atoms with Gasteiger partial charge in [0.05, 0.1) is 6.10 Å². The number of carbonyl (C=O) groups excluding carboxylic acids is 1. The third-order valence-electron chi connectivity index (χ3n) is 5.55. The van der Waals surface area contributed by atoms with Crippen molar-refractivity contribution in [1.29, 1.82) is 0 Å². The summed E-state index contributed by atoms with van der Waals surface area (Å²) in [6, 6.07) is 0.410. The molecule has 3 nitrogen and oxygen atoms in total. The molecule has 1 rings (SSSR count). The highest BCUT2D eigenvalue weighted by atomic mass is 16.3. The van der Waals surface area contributed by atoms with Gasteiger partial charge in [0.15, 0.2) is 0 Å². The molecule has 0 aliphatic heterocycles. The van der Waals surface area contributed by atoms with Crippen molar-refractivity contribution in [2.24, 2.45) is 0 Å². The number of hydrogen-bond donors (Lipinski definition) is 2. The quantitative estimate of drug-likeness (QED) is 0.361. The van der Waals surface area contributed by atoms with Gasteiger partial charge < -0.3 is 10.4 Å². The highest BCUT2D eigenvalue weighted by molar-refractivity contribution is 5.76. The SMILES string of the molecule is CCCCCCCCCCC[C@H](O)CCCC(=O)NC1CCCCC1. The van der Waals surface area contributed by atoms with Gasteiger partial charge >= 0.3 is 0 Å². The molecule has 1 fully saturated rings. The van der Waals surface area contributed by atoms with Crippen LogP contribution in [-0.2, 0) is 4.79 Å². The maximum absolute atomic E-state index is 11.9. The molecular formula is C22H43NO2. The molecule has 0 aromatic heterocycles. The average molecular weight is 354 g/mol. The number of aliphatic hydroxyl groups is 1. The van der Waals surface area contributed by atoms with Crippen LogP contribution in [0.2, 0.25) is 0 Å². The number of amides is 1. The van der Waals surface area contributed by atoms with Crippen LogP contribution in [0.25, 0.3) is 0 Å². The lowest BCUT2D eigenvalue weighted by molar-refractivity contribution is -0.122. The van der Waals surface area contributed by atoms with E-state index in [9.17, 15) is 9.90 Å². The fourth-order valence-corrected chi connectivity index (χ4v) is 3.88. The molecule has 0 aromatic rings. The number of unbranched alkanes of at least 4 members (excludes halogenated alkanes) is 8. The first-order chi connectivity index (χ1) is 12.2. The van der Waals surface area contributed by atoms with E-state index in [1.54, 1.807) is 0 Å². The van der Waals surface area contributed by atoms with Crippen LogP contribution in [0.15, 0.2) is 0 Å². The van der Waals surface area contributed by atoms with Gasteiger partial charge in [0, 0.05) is 12.5 Å². The van der Waals surface area contributed by atoms with Gasteiger partial charge in [-0.15, -0.1) is 0 Å². The predicted molar refractivity (Wildman–Crippen MR) is 107 cm³/mol. The van der Waals surface area contributed by atoms with Gasteiger partial charge in [-0.05, 0) is 32.1 Å². The Labute approximate surface area is 156 Å². The molecule has 1 saturated carbocycles. The lowest BCUT2D eigenvalue weighted by Crippen LogP contribution is -2.36. The van der Waals surface area contributed by atoms with Crippen LogP contribution in [0.3, 0.4) is 0 Å². The maximum atomic E-state index is 11.9. The van der Waals surface area contributed by atoms with Gasteiger partial charge in [-0.25, -0.2) is 0 Å². The van der Waals surface area contributed by atoms with Crippen LogP contribution in [0.1, 0.15) is 122 Å². The molecular weight excluding hydrogens is 310 g/mol. The fourth-order valence-electron chi connectivity index (χ4n) is 3.88. The molecule has 0 aromatic carbocycles. The maximum Gasteiger partial charge on any atom is 0.220 e. The number of aliphatic hydroxyl groups excluding tert-OH is 1. The minimum absolute atomic E-state index is 0.183. The van der Waals surface area contributed by atoms with E-state index in [1.165, 1.54) is 70.6 Å². The van der Waals surface area contributed by atoms with Crippen molar-refractivity contribution in [2.75, 3.05) is 0 Å². The van der Waals surface area contributed by atoms with E-state index in [2.05, 4.69) is 12.2 Å². The number of carbonyl (C=O) groups is 1. The van der Waals surface area contributed by atoms with Gasteiger partial charge in [-0.1, -0.05) is 84.0 Å². The summed E-state index contributed by atoms with van der Waals surface area (Å²) < 4.78 is 0. The van der Waals surface area contributed by atoms with Gasteiger partial charge in [-0.3, -0.25) is 4.79 Å². The number of nitrogens with one attached hydrogen (secondary N) is 1. The molecule has 0 unspecified atom stereocenters. The van der Waals surface area contributed by atoms with E-state index >= 15 is 0 Å². The first kappa shape index (κ1) is 22.5. The van der Waals surface area contributed by atoms with E-state index in [0.717, 1.165) is 38.5 Å². The molecule has 0 radical (unpaired) electrons. The van der Waals surface area contributed by atoms with Crippen molar-refractivity contribution in [1.82, 2.24) is 5.32 Å². The summed E-state index contributed by atoms with van der Waals surface area (Å²) in [5.41, 5.74) is 0. The molecule has 3 heteroatoms. The zero-order chi connectivity index (χ0) is 18.2. The average Bonchev–Trinajstić information content (AvgIpc) is 2.61. The zero-order valence-electron chi connectivity index (χ0n) is 16.7. The van der Waals surface area contributed by atoms with Crippen molar-refractivity contribution < 1.29 is 9.90 Å². The molecule has 0 heterocycles. The van der Waals surface area contributed by atoms with Crippen molar-refractivity contribution in [3.63, 3.8) is 0 Å². The van der Waals surface area contributed by atoms with Crippen LogP contribution in [0, 0.1) is 0 Å². The van der Waals surface area contributed by atoms with Crippen LogP contribution in [0.5, 0.6) is 0 Å². The highest BCUT2D eigenvalue weighted by Gasteiger charge is 2.15. The Morgan fingerprint density at radius 1 is 0.880 bits per heavy atom. The van der Waals surface area contributed by atoms with Crippen LogP contribution in [0.4, 0.5) is 0 Å². The summed E-state index contributed by atoms with van der Waals surface area (Å²) in [6.45, 7) is 2.26. The largest absolute Gasteiger partial charge is 0.393 e. The molecule has 0 saturated heterocycles. The Morgan fingerprint density at radius 2 is 1.44 bits per heavy atom. The van der Waals surface area contributed by atoms with Crippen LogP contribution >= 0.6 is 0 Å². The van der Waals surface area contributed by atoms with Crippen molar-refractivity contribution in [2.45, 2.75) is 135 Å². The number of rotatable bonds is 15. The first-order valence-electron chi connectivity index (χ1n) is 11.2. The topological polar surface area (TPSA) is 49.3 Å². The second-order valence-electron chi connectivity index (χ2n) is 8.07. The van der Waals surface area contributed by atoms with Gasteiger partial charge in [0.25, 0.3) is 0 Å². The molecule has 1 amide bonds. The minimum atomic E-state index is -0.216. The normalized spacial score (nSPS) is 16.7. The van der Waals surface area contributed by atoms with Gasteiger partial charge in [0.2, 0.25) is 5.91 Å². The molecule has 0 spiro atoms. The summed E-state index contributed by atoms with van der Waals surface area (Å²) in [5.74, 6) is 0.183. The zero-order valence-corrected chi connectivity index (χ0v) is 16.7. The summed E-state index contributed by atoms with van der Waals surface area (Å²) in [7, 11) is 0. The fraction of sp³-hybridized carbons (Fsp3) is 0.955. The lowest BCUT2D eigenvalue weighted by Gasteiger charge is -2.22. The molecule has 1 aliphatic rings. The third-order valence-corrected chi connectivity index (χ3v) is 5.55. The summed E-state index contributed by atoms with van der Waals surface area (Å²) in [6.07, 6.45) is 20.8. The Balaban J connectivity index is 1.86. The molecule has 1 aliphatic carbocycles. The first-order valence-corrected chi connectivity index (χ1v) is 11.2. The van der Waals surface area contributed by atoms with Crippen molar-refractivity contribution >= 4 is 5.91 Å². The summed E-state index contributed by atoms with van der Waals surface area (Å²) in [5, 5.41) is 13.2. The summed E-state index contributed by atoms with van der Waals surface area (Å²) >= 11 is 0. The second kappa shape index (κ2) is 15.7. The highest BCUT2D eigenvalue weighted by Crippen LogP contribution is 2.18. The Kier molecular flexibility index (Phi) is 14.1. The van der Waals surface area contributed by atoms with E-state index in [-0.39, 0.29) is 12.0 Å². The Bertz CT molecular complexity index is 313. The van der Waals surface area contributed by atoms with E-state index in [4.69, 9.17) is 0 Å². The lowest BCUT2D eigenvalue weighted by atomic mass is 9.95. The molecule has 148 valence electrons. The third kappa shape index (κ3) is 13.3. The monoisotopic (exact) mass is 353 g/mol. The van der Waals surface area contributed by atoms with Crippen LogP contribution < -0.4 is 5.32 Å². The van der Waals surface area contributed by atoms with E-state index in [1.807, 2.05) is 0 Å². The second-order valence-corrected chi connectivity index (χ2v) is 8.07. The number of hydrogen-bond acceptors (Lipinski definition) is 2. The van der Waals surface area contributed by atoms with Crippen molar-refractivity contribution in [3.8, 4) is 0 Å². The Hall–Kier alpha value is -0.570. The molecule has 1 atom stereocenters. The molecule has 0 bridgehead atoms. The van der Waals surface area contributed by atoms with Crippen molar-refractivity contribution in [3.05, 3.63) is 0 Å². The minimum Gasteiger partial charge on any atom is -0.393 e. The molecule has 25 heavy (non-hydrogen) atoms.